The van der Waals surface area contributed by atoms with Crippen LogP contribution in [0.15, 0.2) is 48.7 Å². The van der Waals surface area contributed by atoms with Crippen molar-refractivity contribution in [2.75, 3.05) is 24.5 Å². The molecule has 2 saturated heterocycles. The number of likely N-dealkylation sites (tertiary alicyclic amines) is 1. The first-order chi connectivity index (χ1) is 12.9. The van der Waals surface area contributed by atoms with E-state index in [1.807, 2.05) is 6.20 Å². The summed E-state index contributed by atoms with van der Waals surface area (Å²) in [5.41, 5.74) is 2.87. The molecule has 0 unspecified atom stereocenters. The van der Waals surface area contributed by atoms with Crippen molar-refractivity contribution in [1.82, 2.24) is 9.88 Å². The Hall–Kier alpha value is -1.87. The maximum Gasteiger partial charge on any atom is 0.133 e. The van der Waals surface area contributed by atoms with Crippen LogP contribution < -0.4 is 4.90 Å². The second-order valence-corrected chi connectivity index (χ2v) is 7.79. The highest BCUT2D eigenvalue weighted by Crippen LogP contribution is 2.36. The third kappa shape index (κ3) is 4.09. The van der Waals surface area contributed by atoms with Gasteiger partial charge in [-0.3, -0.25) is 4.90 Å². The predicted octanol–water partition coefficient (Wildman–Crippen LogP) is 5.19. The Labute approximate surface area is 158 Å². The van der Waals surface area contributed by atoms with Crippen LogP contribution >= 0.6 is 0 Å². The monoisotopic (exact) mass is 349 g/mol. The van der Waals surface area contributed by atoms with E-state index < -0.39 is 0 Å². The standard InChI is InChI=1S/C23H31N3/c1-2-8-17-25(16-7-1)23-21(13-10-15-24-23)22-14-6-9-18-26(22)19-20-11-4-3-5-12-20/h3-5,10-13,15,22H,1-2,6-9,14,16-19H2/t22-/m1/s1. The van der Waals surface area contributed by atoms with Gasteiger partial charge >= 0.3 is 0 Å². The van der Waals surface area contributed by atoms with E-state index in [1.165, 1.54) is 68.4 Å². The highest BCUT2D eigenvalue weighted by molar-refractivity contribution is 5.49. The smallest absolute Gasteiger partial charge is 0.133 e. The van der Waals surface area contributed by atoms with Crippen molar-refractivity contribution < 1.29 is 0 Å². The van der Waals surface area contributed by atoms with Crippen LogP contribution in [0.5, 0.6) is 0 Å². The molecule has 3 nitrogen and oxygen atoms in total. The van der Waals surface area contributed by atoms with Gasteiger partial charge < -0.3 is 4.90 Å². The van der Waals surface area contributed by atoms with E-state index in [4.69, 9.17) is 4.98 Å². The lowest BCUT2D eigenvalue weighted by molar-refractivity contribution is 0.140. The van der Waals surface area contributed by atoms with Gasteiger partial charge in [0.15, 0.2) is 0 Å². The van der Waals surface area contributed by atoms with Gasteiger partial charge in [-0.05, 0) is 43.9 Å². The van der Waals surface area contributed by atoms with Crippen LogP contribution in [-0.4, -0.2) is 29.5 Å². The summed E-state index contributed by atoms with van der Waals surface area (Å²) < 4.78 is 0. The second kappa shape index (κ2) is 8.68. The van der Waals surface area contributed by atoms with Crippen molar-refractivity contribution in [3.05, 3.63) is 59.8 Å². The van der Waals surface area contributed by atoms with E-state index >= 15 is 0 Å². The van der Waals surface area contributed by atoms with E-state index in [0.717, 1.165) is 19.6 Å². The van der Waals surface area contributed by atoms with Gasteiger partial charge in [-0.25, -0.2) is 4.98 Å². The molecule has 3 heteroatoms. The maximum atomic E-state index is 4.86. The summed E-state index contributed by atoms with van der Waals surface area (Å²) in [6.07, 6.45) is 11.2. The molecule has 0 saturated carbocycles. The van der Waals surface area contributed by atoms with Gasteiger partial charge in [0.2, 0.25) is 0 Å². The molecule has 2 aliphatic heterocycles. The van der Waals surface area contributed by atoms with E-state index in [2.05, 4.69) is 52.3 Å². The quantitative estimate of drug-likeness (QED) is 0.757. The largest absolute Gasteiger partial charge is 0.356 e. The number of benzene rings is 1. The molecule has 2 aromatic rings. The van der Waals surface area contributed by atoms with Gasteiger partial charge in [0.25, 0.3) is 0 Å². The molecule has 1 aromatic heterocycles. The lowest BCUT2D eigenvalue weighted by Crippen LogP contribution is -2.35. The van der Waals surface area contributed by atoms with Crippen molar-refractivity contribution in [2.24, 2.45) is 0 Å². The summed E-state index contributed by atoms with van der Waals surface area (Å²) in [4.78, 5) is 10.1. The number of piperidine rings is 1. The molecule has 2 fully saturated rings. The molecular weight excluding hydrogens is 318 g/mol. The minimum atomic E-state index is 0.496. The minimum Gasteiger partial charge on any atom is -0.356 e. The topological polar surface area (TPSA) is 19.4 Å². The molecule has 4 rings (SSSR count). The molecule has 0 bridgehead atoms. The third-order valence-corrected chi connectivity index (χ3v) is 5.92. The van der Waals surface area contributed by atoms with Crippen molar-refractivity contribution in [3.63, 3.8) is 0 Å². The molecule has 138 valence electrons. The average Bonchev–Trinajstić information content (AvgIpc) is 2.99. The number of anilines is 1. The molecule has 1 atom stereocenters. The molecule has 0 spiro atoms. The van der Waals surface area contributed by atoms with E-state index in [0.29, 0.717) is 6.04 Å². The van der Waals surface area contributed by atoms with E-state index in [1.54, 1.807) is 0 Å². The van der Waals surface area contributed by atoms with Gasteiger partial charge in [0.05, 0.1) is 0 Å². The summed E-state index contributed by atoms with van der Waals surface area (Å²) in [6, 6.07) is 15.9. The van der Waals surface area contributed by atoms with Crippen molar-refractivity contribution in [3.8, 4) is 0 Å². The number of aromatic nitrogens is 1. The Morgan fingerprint density at radius 3 is 2.38 bits per heavy atom. The number of hydrogen-bond acceptors (Lipinski definition) is 3. The zero-order chi connectivity index (χ0) is 17.6. The fourth-order valence-electron chi connectivity index (χ4n) is 4.57. The first kappa shape index (κ1) is 17.5. The Kier molecular flexibility index (Phi) is 5.85. The van der Waals surface area contributed by atoms with Gasteiger partial charge in [-0.2, -0.15) is 0 Å². The number of hydrogen-bond donors (Lipinski definition) is 0. The van der Waals surface area contributed by atoms with Gasteiger partial charge in [0, 0.05) is 37.4 Å². The van der Waals surface area contributed by atoms with Crippen LogP contribution in [0.1, 0.15) is 62.1 Å². The third-order valence-electron chi connectivity index (χ3n) is 5.92. The fourth-order valence-corrected chi connectivity index (χ4v) is 4.57. The molecule has 3 heterocycles. The number of pyridine rings is 1. The fraction of sp³-hybridized carbons (Fsp3) is 0.522. The molecule has 26 heavy (non-hydrogen) atoms. The van der Waals surface area contributed by atoms with Gasteiger partial charge in [0.1, 0.15) is 5.82 Å². The molecule has 0 N–H and O–H groups in total. The lowest BCUT2D eigenvalue weighted by Gasteiger charge is -2.38. The van der Waals surface area contributed by atoms with Gasteiger partial charge in [-0.15, -0.1) is 0 Å². The Morgan fingerprint density at radius 1 is 0.808 bits per heavy atom. The molecule has 0 radical (unpaired) electrons. The summed E-state index contributed by atoms with van der Waals surface area (Å²) in [5, 5.41) is 0. The Balaban J connectivity index is 1.60. The zero-order valence-corrected chi connectivity index (χ0v) is 15.8. The van der Waals surface area contributed by atoms with Crippen LogP contribution in [0.2, 0.25) is 0 Å². The average molecular weight is 350 g/mol. The molecule has 0 amide bonds. The molecular formula is C23H31N3. The Bertz CT molecular complexity index is 677. The predicted molar refractivity (Wildman–Crippen MR) is 108 cm³/mol. The normalized spacial score (nSPS) is 22.2. The number of nitrogens with zero attached hydrogens (tertiary/aromatic N) is 3. The first-order valence-corrected chi connectivity index (χ1v) is 10.4. The van der Waals surface area contributed by atoms with Crippen molar-refractivity contribution >= 4 is 5.82 Å². The zero-order valence-electron chi connectivity index (χ0n) is 15.8. The maximum absolute atomic E-state index is 4.86. The molecule has 2 aliphatic rings. The van der Waals surface area contributed by atoms with Crippen LogP contribution in [0.3, 0.4) is 0 Å². The molecule has 0 aliphatic carbocycles. The lowest BCUT2D eigenvalue weighted by atomic mass is 9.94. The SMILES string of the molecule is c1ccc(CN2CCCC[C@@H]2c2cccnc2N2CCCCCC2)cc1. The summed E-state index contributed by atoms with van der Waals surface area (Å²) in [5.74, 6) is 1.25. The Morgan fingerprint density at radius 2 is 1.58 bits per heavy atom. The summed E-state index contributed by atoms with van der Waals surface area (Å²) >= 11 is 0. The van der Waals surface area contributed by atoms with Crippen LogP contribution in [0, 0.1) is 0 Å². The van der Waals surface area contributed by atoms with Crippen LogP contribution in [-0.2, 0) is 6.54 Å². The molecule has 1 aromatic carbocycles. The minimum absolute atomic E-state index is 0.496. The summed E-state index contributed by atoms with van der Waals surface area (Å²) in [7, 11) is 0. The second-order valence-electron chi connectivity index (χ2n) is 7.79. The van der Waals surface area contributed by atoms with Crippen LogP contribution in [0.4, 0.5) is 5.82 Å². The van der Waals surface area contributed by atoms with Crippen molar-refractivity contribution in [1.29, 1.82) is 0 Å². The van der Waals surface area contributed by atoms with E-state index in [-0.39, 0.29) is 0 Å². The van der Waals surface area contributed by atoms with Gasteiger partial charge in [-0.1, -0.05) is 55.7 Å². The van der Waals surface area contributed by atoms with Crippen molar-refractivity contribution in [2.45, 2.75) is 57.5 Å². The first-order valence-electron chi connectivity index (χ1n) is 10.4. The van der Waals surface area contributed by atoms with E-state index in [9.17, 15) is 0 Å². The summed E-state index contributed by atoms with van der Waals surface area (Å²) in [6.45, 7) is 4.55. The highest BCUT2D eigenvalue weighted by atomic mass is 15.2. The number of rotatable bonds is 4. The highest BCUT2D eigenvalue weighted by Gasteiger charge is 2.28. The van der Waals surface area contributed by atoms with Crippen LogP contribution in [0.25, 0.3) is 0 Å².